The van der Waals surface area contributed by atoms with Gasteiger partial charge >= 0.3 is 5.97 Å². The van der Waals surface area contributed by atoms with Gasteiger partial charge in [-0.25, -0.2) is 0 Å². The Morgan fingerprint density at radius 1 is 1.47 bits per heavy atom. The second kappa shape index (κ2) is 5.32. The minimum Gasteiger partial charge on any atom is -0.469 e. The number of esters is 1. The zero-order valence-electron chi connectivity index (χ0n) is 10.4. The summed E-state index contributed by atoms with van der Waals surface area (Å²) < 4.78 is 4.89. The van der Waals surface area contributed by atoms with Gasteiger partial charge in [0.05, 0.1) is 13.0 Å². The van der Waals surface area contributed by atoms with E-state index in [9.17, 15) is 4.79 Å². The summed E-state index contributed by atoms with van der Waals surface area (Å²) in [6, 6.07) is 8.41. The third-order valence-corrected chi connectivity index (χ3v) is 3.36. The highest BCUT2D eigenvalue weighted by Crippen LogP contribution is 2.30. The number of ether oxygens (including phenoxy) is 1. The van der Waals surface area contributed by atoms with E-state index in [1.807, 2.05) is 6.07 Å². The Morgan fingerprint density at radius 2 is 2.29 bits per heavy atom. The van der Waals surface area contributed by atoms with Crippen LogP contribution in [-0.4, -0.2) is 19.6 Å². The maximum Gasteiger partial charge on any atom is 0.310 e. The standard InChI is InChI=1S/C14H19NO2/c1-10-5-3-6-11(9-10)13-12(14(16)17-2)7-4-8-15-13/h3,5-6,9,12-13,15H,4,7-8H2,1-2H3. The van der Waals surface area contributed by atoms with E-state index in [0.717, 1.165) is 19.4 Å². The maximum absolute atomic E-state index is 11.8. The predicted molar refractivity (Wildman–Crippen MR) is 66.7 cm³/mol. The lowest BCUT2D eigenvalue weighted by Gasteiger charge is -2.31. The number of benzene rings is 1. The van der Waals surface area contributed by atoms with Crippen LogP contribution in [0.15, 0.2) is 24.3 Å². The number of carbonyl (C=O) groups is 1. The van der Waals surface area contributed by atoms with Gasteiger partial charge in [0.1, 0.15) is 0 Å². The molecule has 1 heterocycles. The van der Waals surface area contributed by atoms with Crippen LogP contribution < -0.4 is 5.32 Å². The van der Waals surface area contributed by atoms with Crippen LogP contribution in [0.2, 0.25) is 0 Å². The molecule has 3 nitrogen and oxygen atoms in total. The Morgan fingerprint density at radius 3 is 3.00 bits per heavy atom. The Bertz CT molecular complexity index is 403. The van der Waals surface area contributed by atoms with Crippen molar-refractivity contribution < 1.29 is 9.53 Å². The first-order valence-electron chi connectivity index (χ1n) is 6.10. The van der Waals surface area contributed by atoms with E-state index in [0.29, 0.717) is 0 Å². The first kappa shape index (κ1) is 12.1. The number of nitrogens with one attached hydrogen (secondary N) is 1. The molecular weight excluding hydrogens is 214 g/mol. The average molecular weight is 233 g/mol. The molecule has 17 heavy (non-hydrogen) atoms. The lowest BCUT2D eigenvalue weighted by atomic mass is 9.86. The summed E-state index contributed by atoms with van der Waals surface area (Å²) in [5.41, 5.74) is 2.40. The largest absolute Gasteiger partial charge is 0.469 e. The molecule has 1 saturated heterocycles. The Hall–Kier alpha value is -1.35. The van der Waals surface area contributed by atoms with Crippen LogP contribution in [0.25, 0.3) is 0 Å². The number of piperidine rings is 1. The van der Waals surface area contributed by atoms with E-state index >= 15 is 0 Å². The molecule has 2 unspecified atom stereocenters. The quantitative estimate of drug-likeness (QED) is 0.796. The van der Waals surface area contributed by atoms with Crippen molar-refractivity contribution in [3.63, 3.8) is 0 Å². The van der Waals surface area contributed by atoms with Crippen molar-refractivity contribution in [3.05, 3.63) is 35.4 Å². The van der Waals surface area contributed by atoms with Crippen molar-refractivity contribution in [1.29, 1.82) is 0 Å². The molecule has 1 aromatic carbocycles. The fourth-order valence-electron chi connectivity index (χ4n) is 2.51. The number of hydrogen-bond acceptors (Lipinski definition) is 3. The molecule has 0 saturated carbocycles. The molecule has 0 aromatic heterocycles. The minimum absolute atomic E-state index is 0.0597. The fourth-order valence-corrected chi connectivity index (χ4v) is 2.51. The molecule has 1 N–H and O–H groups in total. The summed E-state index contributed by atoms with van der Waals surface area (Å²) in [6.45, 7) is 3.03. The molecule has 0 bridgehead atoms. The average Bonchev–Trinajstić information content (AvgIpc) is 2.38. The molecule has 2 rings (SSSR count). The number of rotatable bonds is 2. The van der Waals surface area contributed by atoms with E-state index in [1.165, 1.54) is 18.2 Å². The van der Waals surface area contributed by atoms with Crippen LogP contribution in [0.4, 0.5) is 0 Å². The molecule has 0 spiro atoms. The molecule has 1 fully saturated rings. The third-order valence-electron chi connectivity index (χ3n) is 3.36. The van der Waals surface area contributed by atoms with Crippen molar-refractivity contribution in [2.45, 2.75) is 25.8 Å². The molecule has 0 amide bonds. The number of methoxy groups -OCH3 is 1. The topological polar surface area (TPSA) is 38.3 Å². The summed E-state index contributed by atoms with van der Waals surface area (Å²) in [7, 11) is 1.46. The number of carbonyl (C=O) groups excluding carboxylic acids is 1. The highest BCUT2D eigenvalue weighted by Gasteiger charge is 2.32. The summed E-state index contributed by atoms with van der Waals surface area (Å²) in [6.07, 6.45) is 1.93. The van der Waals surface area contributed by atoms with Crippen LogP contribution in [0.5, 0.6) is 0 Å². The van der Waals surface area contributed by atoms with Gasteiger partial charge in [-0.1, -0.05) is 29.8 Å². The molecular formula is C14H19NO2. The van der Waals surface area contributed by atoms with E-state index in [-0.39, 0.29) is 17.9 Å². The lowest BCUT2D eigenvalue weighted by molar-refractivity contribution is -0.147. The number of hydrogen-bond donors (Lipinski definition) is 1. The summed E-state index contributed by atoms with van der Waals surface area (Å²) in [5, 5.41) is 3.43. The van der Waals surface area contributed by atoms with Crippen molar-refractivity contribution in [1.82, 2.24) is 5.32 Å². The molecule has 2 atom stereocenters. The summed E-state index contributed by atoms with van der Waals surface area (Å²) in [4.78, 5) is 11.8. The van der Waals surface area contributed by atoms with Gasteiger partial charge in [-0.15, -0.1) is 0 Å². The molecule has 1 aromatic rings. The molecule has 0 aliphatic carbocycles. The van der Waals surface area contributed by atoms with Crippen LogP contribution in [-0.2, 0) is 9.53 Å². The van der Waals surface area contributed by atoms with Gasteiger partial charge in [0.25, 0.3) is 0 Å². The monoisotopic (exact) mass is 233 g/mol. The van der Waals surface area contributed by atoms with Gasteiger partial charge in [-0.2, -0.15) is 0 Å². The molecule has 0 radical (unpaired) electrons. The van der Waals surface area contributed by atoms with E-state index in [1.54, 1.807) is 0 Å². The molecule has 3 heteroatoms. The van der Waals surface area contributed by atoms with E-state index in [4.69, 9.17) is 4.74 Å². The minimum atomic E-state index is -0.108. The zero-order chi connectivity index (χ0) is 12.3. The highest BCUT2D eigenvalue weighted by molar-refractivity contribution is 5.73. The van der Waals surface area contributed by atoms with Gasteiger partial charge in [0, 0.05) is 6.04 Å². The molecule has 1 aliphatic heterocycles. The van der Waals surface area contributed by atoms with Crippen molar-refractivity contribution in [2.24, 2.45) is 5.92 Å². The molecule has 92 valence electrons. The Balaban J connectivity index is 2.24. The summed E-state index contributed by atoms with van der Waals surface area (Å²) in [5.74, 6) is -0.167. The first-order chi connectivity index (χ1) is 8.22. The van der Waals surface area contributed by atoms with Gasteiger partial charge in [-0.3, -0.25) is 4.79 Å². The second-order valence-corrected chi connectivity index (χ2v) is 4.62. The Labute approximate surface area is 102 Å². The SMILES string of the molecule is COC(=O)C1CCCNC1c1cccc(C)c1. The van der Waals surface area contributed by atoms with E-state index < -0.39 is 0 Å². The number of aryl methyl sites for hydroxylation is 1. The van der Waals surface area contributed by atoms with Gasteiger partial charge in [0.2, 0.25) is 0 Å². The molecule has 1 aliphatic rings. The maximum atomic E-state index is 11.8. The normalized spacial score (nSPS) is 24.4. The van der Waals surface area contributed by atoms with Crippen molar-refractivity contribution >= 4 is 5.97 Å². The smallest absolute Gasteiger partial charge is 0.310 e. The van der Waals surface area contributed by atoms with Crippen LogP contribution in [0.3, 0.4) is 0 Å². The van der Waals surface area contributed by atoms with Crippen LogP contribution in [0.1, 0.15) is 30.0 Å². The Kier molecular flexibility index (Phi) is 3.79. The van der Waals surface area contributed by atoms with Crippen LogP contribution >= 0.6 is 0 Å². The van der Waals surface area contributed by atoms with Gasteiger partial charge < -0.3 is 10.1 Å². The lowest BCUT2D eigenvalue weighted by Crippen LogP contribution is -2.38. The first-order valence-corrected chi connectivity index (χ1v) is 6.10. The van der Waals surface area contributed by atoms with Crippen molar-refractivity contribution in [3.8, 4) is 0 Å². The van der Waals surface area contributed by atoms with Gasteiger partial charge in [0.15, 0.2) is 0 Å². The van der Waals surface area contributed by atoms with E-state index in [2.05, 4.69) is 30.4 Å². The summed E-state index contributed by atoms with van der Waals surface area (Å²) >= 11 is 0. The fraction of sp³-hybridized carbons (Fsp3) is 0.500. The second-order valence-electron chi connectivity index (χ2n) is 4.62. The third kappa shape index (κ3) is 2.67. The zero-order valence-corrected chi connectivity index (χ0v) is 10.4. The van der Waals surface area contributed by atoms with Crippen LogP contribution in [0, 0.1) is 12.8 Å². The van der Waals surface area contributed by atoms with Gasteiger partial charge in [-0.05, 0) is 31.9 Å². The predicted octanol–water partition coefficient (Wildman–Crippen LogP) is 2.21. The van der Waals surface area contributed by atoms with Crippen molar-refractivity contribution in [2.75, 3.05) is 13.7 Å². The highest BCUT2D eigenvalue weighted by atomic mass is 16.5.